The minimum absolute atomic E-state index is 0.439. The predicted octanol–water partition coefficient (Wildman–Crippen LogP) is 2.17. The highest BCUT2D eigenvalue weighted by Gasteiger charge is 2.09. The van der Waals surface area contributed by atoms with Crippen molar-refractivity contribution in [2.24, 2.45) is 0 Å². The van der Waals surface area contributed by atoms with Gasteiger partial charge in [-0.05, 0) is 28.8 Å². The van der Waals surface area contributed by atoms with Gasteiger partial charge in [0.1, 0.15) is 11.8 Å². The number of anilines is 1. The Kier molecular flexibility index (Phi) is 3.13. The fourth-order valence-corrected chi connectivity index (χ4v) is 2.23. The fourth-order valence-electron chi connectivity index (χ4n) is 2.23. The van der Waals surface area contributed by atoms with Gasteiger partial charge in [-0.25, -0.2) is 4.98 Å². The van der Waals surface area contributed by atoms with E-state index in [2.05, 4.69) is 33.8 Å². The van der Waals surface area contributed by atoms with Gasteiger partial charge in [-0.1, -0.05) is 18.2 Å². The molecule has 0 saturated heterocycles. The van der Waals surface area contributed by atoms with Gasteiger partial charge in [0.2, 0.25) is 0 Å². The summed E-state index contributed by atoms with van der Waals surface area (Å²) >= 11 is 0. The molecule has 0 unspecified atom stereocenters. The minimum Gasteiger partial charge on any atom is -0.380 e. The smallest absolute Gasteiger partial charge is 0.140 e. The van der Waals surface area contributed by atoms with E-state index in [0.29, 0.717) is 5.69 Å². The Morgan fingerprint density at radius 3 is 2.89 bits per heavy atom. The number of hydrogen-bond acceptors (Lipinski definition) is 4. The van der Waals surface area contributed by atoms with E-state index >= 15 is 0 Å². The third-order valence-corrected chi connectivity index (χ3v) is 3.28. The molecule has 2 heterocycles. The molecule has 2 aromatic rings. The second-order valence-electron chi connectivity index (χ2n) is 4.60. The molecule has 1 aromatic heterocycles. The van der Waals surface area contributed by atoms with Crippen LogP contribution in [-0.2, 0) is 19.6 Å². The highest BCUT2D eigenvalue weighted by atomic mass is 14.9. The number of hydrogen-bond donors (Lipinski definition) is 2. The van der Waals surface area contributed by atoms with Crippen molar-refractivity contribution in [3.05, 3.63) is 58.9 Å². The highest BCUT2D eigenvalue weighted by molar-refractivity contribution is 5.44. The van der Waals surface area contributed by atoms with Gasteiger partial charge in [-0.2, -0.15) is 5.26 Å². The zero-order chi connectivity index (χ0) is 13.1. The molecule has 3 rings (SSSR count). The Bertz CT molecular complexity index is 626. The summed E-state index contributed by atoms with van der Waals surface area (Å²) in [6, 6.07) is 12.2. The lowest BCUT2D eigenvalue weighted by molar-refractivity contribution is 0.764. The first-order valence-electron chi connectivity index (χ1n) is 6.26. The number of nitrogens with zero attached hydrogens (tertiary/aromatic N) is 2. The predicted molar refractivity (Wildman–Crippen MR) is 73.3 cm³/mol. The summed E-state index contributed by atoms with van der Waals surface area (Å²) in [6.45, 7) is 2.70. The van der Waals surface area contributed by atoms with E-state index in [1.807, 2.05) is 12.1 Å². The average molecular weight is 250 g/mol. The standard InChI is InChI=1S/C15H14N4/c16-6-14-3-4-15(10-19-14)18-7-11-1-2-12-8-17-9-13(12)5-11/h1-5,10,17-18H,7-9H2. The van der Waals surface area contributed by atoms with E-state index in [9.17, 15) is 0 Å². The quantitative estimate of drug-likeness (QED) is 0.876. The number of rotatable bonds is 3. The van der Waals surface area contributed by atoms with Crippen LogP contribution in [0.15, 0.2) is 36.5 Å². The number of aromatic nitrogens is 1. The summed E-state index contributed by atoms with van der Waals surface area (Å²) in [4.78, 5) is 4.03. The number of nitrogens with one attached hydrogen (secondary N) is 2. The van der Waals surface area contributed by atoms with Crippen LogP contribution in [0.3, 0.4) is 0 Å². The van der Waals surface area contributed by atoms with E-state index in [0.717, 1.165) is 25.3 Å². The van der Waals surface area contributed by atoms with Crippen LogP contribution in [-0.4, -0.2) is 4.98 Å². The summed E-state index contributed by atoms with van der Waals surface area (Å²) in [7, 11) is 0. The van der Waals surface area contributed by atoms with Crippen molar-refractivity contribution >= 4 is 5.69 Å². The lowest BCUT2D eigenvalue weighted by Crippen LogP contribution is -2.01. The number of pyridine rings is 1. The van der Waals surface area contributed by atoms with E-state index < -0.39 is 0 Å². The van der Waals surface area contributed by atoms with Crippen molar-refractivity contribution in [1.29, 1.82) is 5.26 Å². The first-order chi connectivity index (χ1) is 9.35. The average Bonchev–Trinajstić information content (AvgIpc) is 2.93. The molecule has 94 valence electrons. The lowest BCUT2D eigenvalue weighted by atomic mass is 10.1. The summed E-state index contributed by atoms with van der Waals surface area (Å²) in [6.07, 6.45) is 1.69. The van der Waals surface area contributed by atoms with Gasteiger partial charge in [0, 0.05) is 19.6 Å². The monoisotopic (exact) mass is 250 g/mol. The van der Waals surface area contributed by atoms with Gasteiger partial charge in [0.15, 0.2) is 0 Å². The molecular formula is C15H14N4. The maximum absolute atomic E-state index is 8.69. The molecule has 0 saturated carbocycles. The van der Waals surface area contributed by atoms with Crippen LogP contribution in [0.25, 0.3) is 0 Å². The normalized spacial score (nSPS) is 12.8. The maximum atomic E-state index is 8.69. The first kappa shape index (κ1) is 11.7. The van der Waals surface area contributed by atoms with Crippen LogP contribution < -0.4 is 10.6 Å². The maximum Gasteiger partial charge on any atom is 0.140 e. The Hall–Kier alpha value is -2.38. The second-order valence-corrected chi connectivity index (χ2v) is 4.60. The number of nitriles is 1. The van der Waals surface area contributed by atoms with Crippen molar-refractivity contribution in [2.75, 3.05) is 5.32 Å². The Morgan fingerprint density at radius 1 is 1.21 bits per heavy atom. The van der Waals surface area contributed by atoms with Crippen molar-refractivity contribution in [3.8, 4) is 6.07 Å². The van der Waals surface area contributed by atoms with Gasteiger partial charge in [0.25, 0.3) is 0 Å². The van der Waals surface area contributed by atoms with Crippen molar-refractivity contribution in [1.82, 2.24) is 10.3 Å². The van der Waals surface area contributed by atoms with E-state index in [4.69, 9.17) is 5.26 Å². The van der Waals surface area contributed by atoms with Crippen LogP contribution >= 0.6 is 0 Å². The van der Waals surface area contributed by atoms with Gasteiger partial charge >= 0.3 is 0 Å². The molecule has 0 fully saturated rings. The number of benzene rings is 1. The van der Waals surface area contributed by atoms with Crippen molar-refractivity contribution < 1.29 is 0 Å². The summed E-state index contributed by atoms with van der Waals surface area (Å²) in [5.41, 5.74) is 5.40. The van der Waals surface area contributed by atoms with Crippen molar-refractivity contribution in [3.63, 3.8) is 0 Å². The van der Waals surface area contributed by atoms with Crippen LogP contribution in [0.1, 0.15) is 22.4 Å². The van der Waals surface area contributed by atoms with E-state index in [-0.39, 0.29) is 0 Å². The van der Waals surface area contributed by atoms with E-state index in [1.54, 1.807) is 12.3 Å². The SMILES string of the molecule is N#Cc1ccc(NCc2ccc3c(c2)CNC3)cn1. The largest absolute Gasteiger partial charge is 0.380 e. The van der Waals surface area contributed by atoms with Crippen LogP contribution in [0.5, 0.6) is 0 Å². The summed E-state index contributed by atoms with van der Waals surface area (Å²) in [5, 5.41) is 15.3. The molecular weight excluding hydrogens is 236 g/mol. The Balaban J connectivity index is 1.67. The molecule has 0 spiro atoms. The third kappa shape index (κ3) is 2.56. The molecule has 1 aliphatic rings. The van der Waals surface area contributed by atoms with Crippen LogP contribution in [0.4, 0.5) is 5.69 Å². The lowest BCUT2D eigenvalue weighted by Gasteiger charge is -2.07. The zero-order valence-electron chi connectivity index (χ0n) is 10.5. The van der Waals surface area contributed by atoms with Gasteiger partial charge in [0.05, 0.1) is 11.9 Å². The molecule has 0 amide bonds. The molecule has 1 aliphatic heterocycles. The molecule has 1 aromatic carbocycles. The number of fused-ring (bicyclic) bond motifs is 1. The molecule has 0 aliphatic carbocycles. The summed E-state index contributed by atoms with van der Waals surface area (Å²) < 4.78 is 0. The molecule has 2 N–H and O–H groups in total. The highest BCUT2D eigenvalue weighted by Crippen LogP contribution is 2.18. The van der Waals surface area contributed by atoms with Gasteiger partial charge in [-0.15, -0.1) is 0 Å². The molecule has 0 atom stereocenters. The Morgan fingerprint density at radius 2 is 2.11 bits per heavy atom. The van der Waals surface area contributed by atoms with Crippen LogP contribution in [0.2, 0.25) is 0 Å². The van der Waals surface area contributed by atoms with E-state index in [1.165, 1.54) is 16.7 Å². The van der Waals surface area contributed by atoms with Crippen molar-refractivity contribution in [2.45, 2.75) is 19.6 Å². The zero-order valence-corrected chi connectivity index (χ0v) is 10.5. The molecule has 4 heteroatoms. The minimum atomic E-state index is 0.439. The molecule has 0 radical (unpaired) electrons. The Labute approximate surface area is 112 Å². The van der Waals surface area contributed by atoms with Gasteiger partial charge < -0.3 is 10.6 Å². The first-order valence-corrected chi connectivity index (χ1v) is 6.26. The fraction of sp³-hybridized carbons (Fsp3) is 0.200. The third-order valence-electron chi connectivity index (χ3n) is 3.28. The van der Waals surface area contributed by atoms with Crippen LogP contribution in [0, 0.1) is 11.3 Å². The molecule has 19 heavy (non-hydrogen) atoms. The topological polar surface area (TPSA) is 60.7 Å². The molecule has 0 bridgehead atoms. The summed E-state index contributed by atoms with van der Waals surface area (Å²) in [5.74, 6) is 0. The second kappa shape index (κ2) is 5.09. The van der Waals surface area contributed by atoms with Gasteiger partial charge in [-0.3, -0.25) is 0 Å². The molecule has 4 nitrogen and oxygen atoms in total.